The van der Waals surface area contributed by atoms with Crippen molar-refractivity contribution in [3.63, 3.8) is 0 Å². The van der Waals surface area contributed by atoms with Gasteiger partial charge in [0.15, 0.2) is 0 Å². The van der Waals surface area contributed by atoms with Gasteiger partial charge in [-0.05, 0) is 96.9 Å². The van der Waals surface area contributed by atoms with E-state index in [0.29, 0.717) is 12.6 Å². The Labute approximate surface area is 183 Å². The zero-order valence-corrected chi connectivity index (χ0v) is 18.3. The summed E-state index contributed by atoms with van der Waals surface area (Å²) in [6, 6.07) is 15.6. The lowest BCUT2D eigenvalue weighted by atomic mass is 10.0. The van der Waals surface area contributed by atoms with Crippen LogP contribution in [0.5, 0.6) is 5.75 Å². The highest BCUT2D eigenvalue weighted by molar-refractivity contribution is 5.82. The molecule has 2 aliphatic carbocycles. The van der Waals surface area contributed by atoms with Crippen LogP contribution in [0, 0.1) is 5.92 Å². The van der Waals surface area contributed by atoms with Gasteiger partial charge in [0.2, 0.25) is 0 Å². The number of nitrogens with zero attached hydrogens (tertiary/aromatic N) is 2. The minimum atomic E-state index is 0.170. The van der Waals surface area contributed by atoms with Crippen molar-refractivity contribution in [2.75, 3.05) is 13.7 Å². The second kappa shape index (κ2) is 7.52. The van der Waals surface area contributed by atoms with Crippen molar-refractivity contribution in [1.29, 1.82) is 0 Å². The third kappa shape index (κ3) is 3.38. The van der Waals surface area contributed by atoms with E-state index in [-0.39, 0.29) is 5.56 Å². The van der Waals surface area contributed by atoms with Gasteiger partial charge in [0.1, 0.15) is 5.75 Å². The summed E-state index contributed by atoms with van der Waals surface area (Å²) < 4.78 is 7.32. The number of pyridine rings is 1. The third-order valence-electron chi connectivity index (χ3n) is 7.78. The van der Waals surface area contributed by atoms with E-state index < -0.39 is 0 Å². The average molecular weight is 415 g/mol. The summed E-state index contributed by atoms with van der Waals surface area (Å²) >= 11 is 0. The van der Waals surface area contributed by atoms with Gasteiger partial charge in [-0.25, -0.2) is 0 Å². The summed E-state index contributed by atoms with van der Waals surface area (Å²) in [6.07, 6.45) is 7.49. The number of aryl methyl sites for hydroxylation is 2. The van der Waals surface area contributed by atoms with E-state index in [1.807, 2.05) is 16.7 Å². The van der Waals surface area contributed by atoms with E-state index in [1.54, 1.807) is 7.11 Å². The van der Waals surface area contributed by atoms with Crippen molar-refractivity contribution in [2.24, 2.45) is 5.92 Å². The number of rotatable bonds is 5. The molecular formula is C27H30N2O2. The van der Waals surface area contributed by atoms with E-state index >= 15 is 0 Å². The van der Waals surface area contributed by atoms with Gasteiger partial charge >= 0.3 is 0 Å². The zero-order valence-electron chi connectivity index (χ0n) is 18.3. The number of likely N-dealkylation sites (tertiary alicyclic amines) is 1. The van der Waals surface area contributed by atoms with Crippen molar-refractivity contribution in [1.82, 2.24) is 9.47 Å². The summed E-state index contributed by atoms with van der Waals surface area (Å²) in [6.45, 7) is 2.54. The van der Waals surface area contributed by atoms with Crippen molar-refractivity contribution in [2.45, 2.75) is 57.7 Å². The average Bonchev–Trinajstić information content (AvgIpc) is 3.53. The maximum Gasteiger partial charge on any atom is 0.255 e. The number of benzene rings is 2. The maximum absolute atomic E-state index is 13.7. The third-order valence-corrected chi connectivity index (χ3v) is 7.78. The molecule has 0 N–H and O–H groups in total. The van der Waals surface area contributed by atoms with Gasteiger partial charge in [-0.1, -0.05) is 12.1 Å². The molecule has 4 nitrogen and oxygen atoms in total. The normalized spacial score (nSPS) is 22.4. The summed E-state index contributed by atoms with van der Waals surface area (Å²) in [4.78, 5) is 16.3. The molecule has 1 aromatic heterocycles. The molecule has 1 aliphatic heterocycles. The Morgan fingerprint density at radius 1 is 1.00 bits per heavy atom. The molecule has 6 rings (SSSR count). The number of hydrogen-bond acceptors (Lipinski definition) is 3. The molecule has 4 heteroatoms. The highest BCUT2D eigenvalue weighted by Gasteiger charge is 2.37. The number of aromatic nitrogens is 1. The fourth-order valence-corrected chi connectivity index (χ4v) is 6.13. The lowest BCUT2D eigenvalue weighted by Gasteiger charge is -2.27. The van der Waals surface area contributed by atoms with Crippen molar-refractivity contribution >= 4 is 10.9 Å². The second-order valence-corrected chi connectivity index (χ2v) is 9.70. The number of piperidine rings is 1. The van der Waals surface area contributed by atoms with Crippen LogP contribution < -0.4 is 10.3 Å². The molecule has 0 amide bonds. The van der Waals surface area contributed by atoms with Crippen LogP contribution in [0.2, 0.25) is 0 Å². The van der Waals surface area contributed by atoms with Crippen LogP contribution >= 0.6 is 0 Å². The first-order chi connectivity index (χ1) is 15.2. The molecule has 2 unspecified atom stereocenters. The maximum atomic E-state index is 13.7. The van der Waals surface area contributed by atoms with Gasteiger partial charge in [-0.3, -0.25) is 9.69 Å². The molecule has 2 bridgehead atoms. The molecule has 3 aromatic rings. The Balaban J connectivity index is 1.44. The fourth-order valence-electron chi connectivity index (χ4n) is 6.13. The molecule has 2 fully saturated rings. The molecule has 1 saturated heterocycles. The summed E-state index contributed by atoms with van der Waals surface area (Å²) in [7, 11) is 1.68. The van der Waals surface area contributed by atoms with E-state index in [2.05, 4.69) is 35.2 Å². The lowest BCUT2D eigenvalue weighted by Crippen LogP contribution is -2.35. The highest BCUT2D eigenvalue weighted by atomic mass is 16.5. The van der Waals surface area contributed by atoms with Gasteiger partial charge in [0.25, 0.3) is 5.56 Å². The molecule has 160 valence electrons. The Bertz CT molecular complexity index is 1190. The molecule has 0 spiro atoms. The molecule has 31 heavy (non-hydrogen) atoms. The predicted molar refractivity (Wildman–Crippen MR) is 124 cm³/mol. The predicted octanol–water partition coefficient (Wildman–Crippen LogP) is 4.53. The number of hydrogen-bond donors (Lipinski definition) is 0. The Morgan fingerprint density at radius 2 is 1.81 bits per heavy atom. The zero-order chi connectivity index (χ0) is 20.9. The van der Waals surface area contributed by atoms with Crippen LogP contribution in [-0.2, 0) is 25.9 Å². The van der Waals surface area contributed by atoms with Crippen LogP contribution in [-0.4, -0.2) is 29.2 Å². The Kier molecular flexibility index (Phi) is 4.64. The van der Waals surface area contributed by atoms with Crippen LogP contribution in [0.25, 0.3) is 10.9 Å². The van der Waals surface area contributed by atoms with Gasteiger partial charge in [0.05, 0.1) is 19.2 Å². The highest BCUT2D eigenvalue weighted by Crippen LogP contribution is 2.38. The largest absolute Gasteiger partial charge is 0.497 e. The number of fused-ring (bicyclic) bond motifs is 4. The van der Waals surface area contributed by atoms with Gasteiger partial charge < -0.3 is 9.30 Å². The van der Waals surface area contributed by atoms with Crippen LogP contribution in [0.4, 0.5) is 0 Å². The van der Waals surface area contributed by atoms with Crippen LogP contribution in [0.3, 0.4) is 0 Å². The first kappa shape index (κ1) is 19.1. The van der Waals surface area contributed by atoms with Crippen molar-refractivity contribution in [3.05, 3.63) is 75.1 Å². The summed E-state index contributed by atoms with van der Waals surface area (Å²) in [5.41, 5.74) is 6.21. The summed E-state index contributed by atoms with van der Waals surface area (Å²) in [5.74, 6) is 1.69. The second-order valence-electron chi connectivity index (χ2n) is 9.70. The molecular weight excluding hydrogens is 384 g/mol. The quantitative estimate of drug-likeness (QED) is 0.615. The minimum Gasteiger partial charge on any atom is -0.497 e. The molecule has 0 radical (unpaired) electrons. The van der Waals surface area contributed by atoms with E-state index in [4.69, 9.17) is 4.74 Å². The number of ether oxygens (including phenoxy) is 1. The standard InChI is InChI=1S/C27H30N2O2/c1-31-25-9-6-18(7-10-25)16-29-26-14-21-4-2-3-20(21)12-22(26)13-23(27(29)30)17-28-15-19-5-8-24(28)11-19/h6-7,9-10,12-14,19,24H,2-5,8,11,15-17H2,1H3. The molecule has 2 atom stereocenters. The van der Waals surface area contributed by atoms with Crippen molar-refractivity contribution in [3.8, 4) is 5.75 Å². The summed E-state index contributed by atoms with van der Waals surface area (Å²) in [5, 5.41) is 1.22. The van der Waals surface area contributed by atoms with E-state index in [1.165, 1.54) is 42.2 Å². The van der Waals surface area contributed by atoms with Crippen LogP contribution in [0.1, 0.15) is 47.9 Å². The van der Waals surface area contributed by atoms with Gasteiger partial charge in [-0.2, -0.15) is 0 Å². The van der Waals surface area contributed by atoms with Gasteiger partial charge in [-0.15, -0.1) is 0 Å². The first-order valence-corrected chi connectivity index (χ1v) is 11.7. The SMILES string of the molecule is COc1ccc(Cn2c(=O)c(CN3CC4CCC3C4)cc3cc4c(cc32)CCC4)cc1. The molecule has 2 heterocycles. The minimum absolute atomic E-state index is 0.170. The smallest absolute Gasteiger partial charge is 0.255 e. The van der Waals surface area contributed by atoms with Gasteiger partial charge in [0, 0.05) is 24.7 Å². The molecule has 3 aliphatic rings. The first-order valence-electron chi connectivity index (χ1n) is 11.7. The molecule has 1 saturated carbocycles. The van der Waals surface area contributed by atoms with E-state index in [9.17, 15) is 4.79 Å². The van der Waals surface area contributed by atoms with E-state index in [0.717, 1.165) is 54.2 Å². The van der Waals surface area contributed by atoms with Crippen molar-refractivity contribution < 1.29 is 4.74 Å². The monoisotopic (exact) mass is 414 g/mol. The van der Waals surface area contributed by atoms with Crippen LogP contribution in [0.15, 0.2) is 47.3 Å². The fraction of sp³-hybridized carbons (Fsp3) is 0.444. The lowest BCUT2D eigenvalue weighted by molar-refractivity contribution is 0.204. The Morgan fingerprint density at radius 3 is 2.52 bits per heavy atom. The topological polar surface area (TPSA) is 34.5 Å². The number of methoxy groups -OCH3 is 1. The Hall–Kier alpha value is -2.59. The molecule has 2 aromatic carbocycles.